The molecule has 3 rings (SSSR count). The van der Waals surface area contributed by atoms with Crippen molar-refractivity contribution in [3.05, 3.63) is 29.8 Å². The smallest absolute Gasteiger partial charge is 0.174 e. The number of benzene rings is 1. The second kappa shape index (κ2) is 6.46. The van der Waals surface area contributed by atoms with E-state index in [2.05, 4.69) is 29.3 Å². The Labute approximate surface area is 126 Å². The third-order valence-corrected chi connectivity index (χ3v) is 4.45. The summed E-state index contributed by atoms with van der Waals surface area (Å²) in [7, 11) is 0. The highest BCUT2D eigenvalue weighted by atomic mass is 16.5. The van der Waals surface area contributed by atoms with E-state index in [1.54, 1.807) is 0 Å². The summed E-state index contributed by atoms with van der Waals surface area (Å²) in [5, 5.41) is 12.2. The molecule has 4 nitrogen and oxygen atoms in total. The standard InChI is InChI=1S/C17H23N3O/c1-13(14-2-6-17(7-3-14)21-11-9-18)19-15-8-10-20(12-15)16-4-5-16/h2-3,6-7,13,15-16,19H,4-5,8,10-12H2,1H3. The summed E-state index contributed by atoms with van der Waals surface area (Å²) in [4.78, 5) is 2.63. The molecule has 2 atom stereocenters. The van der Waals surface area contributed by atoms with Crippen LogP contribution in [0.3, 0.4) is 0 Å². The second-order valence-corrected chi connectivity index (χ2v) is 6.12. The summed E-state index contributed by atoms with van der Waals surface area (Å²) in [6.07, 6.45) is 4.04. The van der Waals surface area contributed by atoms with Crippen LogP contribution in [0.15, 0.2) is 24.3 Å². The van der Waals surface area contributed by atoms with Gasteiger partial charge in [-0.1, -0.05) is 12.1 Å². The zero-order chi connectivity index (χ0) is 14.7. The first-order valence-electron chi connectivity index (χ1n) is 7.86. The van der Waals surface area contributed by atoms with Crippen molar-refractivity contribution in [1.29, 1.82) is 5.26 Å². The van der Waals surface area contributed by atoms with Crippen LogP contribution in [0.5, 0.6) is 5.75 Å². The van der Waals surface area contributed by atoms with Gasteiger partial charge in [0.1, 0.15) is 11.8 Å². The number of hydrogen-bond acceptors (Lipinski definition) is 4. The number of hydrogen-bond donors (Lipinski definition) is 1. The van der Waals surface area contributed by atoms with Crippen LogP contribution >= 0.6 is 0 Å². The number of likely N-dealkylation sites (tertiary alicyclic amines) is 1. The molecule has 2 aliphatic rings. The fourth-order valence-corrected chi connectivity index (χ4v) is 3.11. The molecule has 0 spiro atoms. The highest BCUT2D eigenvalue weighted by Gasteiger charge is 2.34. The first kappa shape index (κ1) is 14.4. The van der Waals surface area contributed by atoms with Crippen molar-refractivity contribution in [1.82, 2.24) is 10.2 Å². The molecule has 2 unspecified atom stereocenters. The van der Waals surface area contributed by atoms with Crippen molar-refractivity contribution in [3.8, 4) is 11.8 Å². The van der Waals surface area contributed by atoms with Gasteiger partial charge in [-0.2, -0.15) is 5.26 Å². The summed E-state index contributed by atoms with van der Waals surface area (Å²) in [5.74, 6) is 0.758. The third-order valence-electron chi connectivity index (χ3n) is 4.45. The predicted molar refractivity (Wildman–Crippen MR) is 82.1 cm³/mol. The maximum atomic E-state index is 8.51. The first-order chi connectivity index (χ1) is 10.3. The highest BCUT2D eigenvalue weighted by molar-refractivity contribution is 5.29. The molecule has 1 aromatic rings. The van der Waals surface area contributed by atoms with Crippen molar-refractivity contribution in [2.75, 3.05) is 19.7 Å². The zero-order valence-corrected chi connectivity index (χ0v) is 12.6. The van der Waals surface area contributed by atoms with Gasteiger partial charge in [0.05, 0.1) is 0 Å². The number of ether oxygens (including phenoxy) is 1. The van der Waals surface area contributed by atoms with Gasteiger partial charge in [-0.3, -0.25) is 4.90 Å². The van der Waals surface area contributed by atoms with Crippen molar-refractivity contribution < 1.29 is 4.74 Å². The third kappa shape index (κ3) is 3.75. The van der Waals surface area contributed by atoms with E-state index in [0.29, 0.717) is 12.1 Å². The van der Waals surface area contributed by atoms with E-state index in [1.165, 1.54) is 37.9 Å². The predicted octanol–water partition coefficient (Wildman–Crippen LogP) is 2.48. The zero-order valence-electron chi connectivity index (χ0n) is 12.6. The van der Waals surface area contributed by atoms with Crippen LogP contribution < -0.4 is 10.1 Å². The minimum atomic E-state index is 0.103. The molecule has 1 saturated heterocycles. The average molecular weight is 285 g/mol. The minimum absolute atomic E-state index is 0.103. The molecule has 0 radical (unpaired) electrons. The van der Waals surface area contributed by atoms with Gasteiger partial charge in [0.25, 0.3) is 0 Å². The minimum Gasteiger partial charge on any atom is -0.479 e. The lowest BCUT2D eigenvalue weighted by atomic mass is 10.1. The van der Waals surface area contributed by atoms with Crippen molar-refractivity contribution in [2.45, 2.75) is 44.3 Å². The molecule has 1 saturated carbocycles. The number of rotatable bonds is 6. The molecule has 2 fully saturated rings. The Morgan fingerprint density at radius 2 is 2.10 bits per heavy atom. The van der Waals surface area contributed by atoms with Gasteiger partial charge in [0.15, 0.2) is 6.61 Å². The molecule has 0 amide bonds. The Hall–Kier alpha value is -1.57. The lowest BCUT2D eigenvalue weighted by Gasteiger charge is -2.21. The average Bonchev–Trinajstić information content (AvgIpc) is 3.26. The largest absolute Gasteiger partial charge is 0.479 e. The lowest BCUT2D eigenvalue weighted by molar-refractivity contribution is 0.313. The van der Waals surface area contributed by atoms with Crippen LogP contribution in [0.4, 0.5) is 0 Å². The number of nitriles is 1. The maximum Gasteiger partial charge on any atom is 0.174 e. The Morgan fingerprint density at radius 3 is 2.76 bits per heavy atom. The molecule has 1 aromatic carbocycles. The van der Waals surface area contributed by atoms with Crippen molar-refractivity contribution in [2.24, 2.45) is 0 Å². The lowest BCUT2D eigenvalue weighted by Crippen LogP contribution is -2.34. The fourth-order valence-electron chi connectivity index (χ4n) is 3.11. The van der Waals surface area contributed by atoms with Crippen LogP contribution in [0, 0.1) is 11.3 Å². The molecular formula is C17H23N3O. The number of nitrogens with zero attached hydrogens (tertiary/aromatic N) is 2. The van der Waals surface area contributed by atoms with Gasteiger partial charge in [-0.15, -0.1) is 0 Å². The van der Waals surface area contributed by atoms with Crippen LogP contribution in [-0.2, 0) is 0 Å². The molecule has 1 aliphatic carbocycles. The Balaban J connectivity index is 1.50. The quantitative estimate of drug-likeness (QED) is 0.872. The van der Waals surface area contributed by atoms with Gasteiger partial charge >= 0.3 is 0 Å². The maximum absolute atomic E-state index is 8.51. The molecule has 4 heteroatoms. The van der Waals surface area contributed by atoms with E-state index in [9.17, 15) is 0 Å². The number of nitrogens with one attached hydrogen (secondary N) is 1. The van der Waals surface area contributed by atoms with Crippen LogP contribution in [0.1, 0.15) is 37.8 Å². The first-order valence-corrected chi connectivity index (χ1v) is 7.86. The van der Waals surface area contributed by atoms with Gasteiger partial charge in [-0.05, 0) is 43.9 Å². The van der Waals surface area contributed by atoms with Crippen molar-refractivity contribution >= 4 is 0 Å². The topological polar surface area (TPSA) is 48.3 Å². The van der Waals surface area contributed by atoms with E-state index in [4.69, 9.17) is 10.00 Å². The van der Waals surface area contributed by atoms with Gasteiger partial charge in [0, 0.05) is 31.2 Å². The van der Waals surface area contributed by atoms with E-state index < -0.39 is 0 Å². The Morgan fingerprint density at radius 1 is 1.33 bits per heavy atom. The van der Waals surface area contributed by atoms with E-state index >= 15 is 0 Å². The molecule has 0 aromatic heterocycles. The molecule has 1 heterocycles. The molecule has 1 aliphatic heterocycles. The Bertz CT molecular complexity index is 504. The summed E-state index contributed by atoms with van der Waals surface area (Å²) in [6.45, 7) is 4.76. The molecule has 1 N–H and O–H groups in total. The summed E-state index contributed by atoms with van der Waals surface area (Å²) in [6, 6.07) is 11.9. The van der Waals surface area contributed by atoms with Crippen LogP contribution in [0.2, 0.25) is 0 Å². The molecule has 0 bridgehead atoms. The van der Waals surface area contributed by atoms with E-state index in [1.807, 2.05) is 18.2 Å². The Kier molecular flexibility index (Phi) is 4.42. The van der Waals surface area contributed by atoms with Crippen molar-refractivity contribution in [3.63, 3.8) is 0 Å². The van der Waals surface area contributed by atoms with Crippen LogP contribution in [0.25, 0.3) is 0 Å². The highest BCUT2D eigenvalue weighted by Crippen LogP contribution is 2.30. The SMILES string of the molecule is CC(NC1CCN(C2CC2)C1)c1ccc(OCC#N)cc1. The van der Waals surface area contributed by atoms with Gasteiger partial charge in [-0.25, -0.2) is 0 Å². The summed E-state index contributed by atoms with van der Waals surface area (Å²) in [5.41, 5.74) is 1.27. The van der Waals surface area contributed by atoms with Gasteiger partial charge in [0.2, 0.25) is 0 Å². The molecular weight excluding hydrogens is 262 g/mol. The molecule has 112 valence electrons. The monoisotopic (exact) mass is 285 g/mol. The van der Waals surface area contributed by atoms with E-state index in [0.717, 1.165) is 11.8 Å². The van der Waals surface area contributed by atoms with Crippen LogP contribution in [-0.4, -0.2) is 36.7 Å². The van der Waals surface area contributed by atoms with E-state index in [-0.39, 0.29) is 6.61 Å². The summed E-state index contributed by atoms with van der Waals surface area (Å²) >= 11 is 0. The van der Waals surface area contributed by atoms with Gasteiger partial charge < -0.3 is 10.1 Å². The fraction of sp³-hybridized carbons (Fsp3) is 0.588. The molecule has 21 heavy (non-hydrogen) atoms. The second-order valence-electron chi connectivity index (χ2n) is 6.12. The normalized spacial score (nSPS) is 23.7. The summed E-state index contributed by atoms with van der Waals surface area (Å²) < 4.78 is 5.28.